The van der Waals surface area contributed by atoms with Crippen LogP contribution in [0.15, 0.2) is 24.3 Å². The molecule has 1 aromatic rings. The Hall–Kier alpha value is -1.88. The first kappa shape index (κ1) is 16.2. The topological polar surface area (TPSA) is 61.4 Å². The first-order chi connectivity index (χ1) is 9.49. The predicted octanol–water partition coefficient (Wildman–Crippen LogP) is 1.43. The highest BCUT2D eigenvalue weighted by Crippen LogP contribution is 2.05. The third kappa shape index (κ3) is 6.33. The van der Waals surface area contributed by atoms with Crippen LogP contribution in [0.25, 0.3) is 0 Å². The molecule has 0 radical (unpaired) electrons. The van der Waals surface area contributed by atoms with E-state index < -0.39 is 0 Å². The molecule has 0 aromatic heterocycles. The summed E-state index contributed by atoms with van der Waals surface area (Å²) in [5.41, 5.74) is 1.81. The van der Waals surface area contributed by atoms with E-state index in [1.165, 1.54) is 0 Å². The molecule has 0 atom stereocenters. The van der Waals surface area contributed by atoms with Crippen LogP contribution in [0.4, 0.5) is 4.79 Å². The molecule has 2 amide bonds. The minimum absolute atomic E-state index is 0.0404. The van der Waals surface area contributed by atoms with Crippen molar-refractivity contribution in [3.8, 4) is 0 Å². The van der Waals surface area contributed by atoms with Crippen LogP contribution in [0.3, 0.4) is 0 Å². The van der Waals surface area contributed by atoms with Crippen molar-refractivity contribution in [2.75, 3.05) is 33.7 Å². The third-order valence-electron chi connectivity index (χ3n) is 2.86. The van der Waals surface area contributed by atoms with Crippen LogP contribution < -0.4 is 10.6 Å². The van der Waals surface area contributed by atoms with E-state index in [9.17, 15) is 9.59 Å². The molecular weight excluding hydrogens is 254 g/mol. The molecular formula is C15H23N3O2. The van der Waals surface area contributed by atoms with Crippen molar-refractivity contribution >= 4 is 11.8 Å². The number of benzene rings is 1. The van der Waals surface area contributed by atoms with Crippen molar-refractivity contribution in [1.29, 1.82) is 0 Å². The monoisotopic (exact) mass is 277 g/mol. The Morgan fingerprint density at radius 1 is 1.05 bits per heavy atom. The molecule has 1 rings (SSSR count). The maximum atomic E-state index is 11.9. The highest BCUT2D eigenvalue weighted by Gasteiger charge is 2.06. The zero-order valence-electron chi connectivity index (χ0n) is 12.4. The van der Waals surface area contributed by atoms with Crippen LogP contribution in [0, 0.1) is 6.92 Å². The van der Waals surface area contributed by atoms with Crippen LogP contribution in [0.1, 0.15) is 22.3 Å². The average molecular weight is 277 g/mol. The van der Waals surface area contributed by atoms with E-state index in [1.807, 2.05) is 50.2 Å². The number of carbonyl (C=O) groups is 2. The van der Waals surface area contributed by atoms with Gasteiger partial charge in [0.2, 0.25) is 0 Å². The fourth-order valence-corrected chi connectivity index (χ4v) is 1.63. The Morgan fingerprint density at radius 3 is 2.25 bits per heavy atom. The molecule has 0 fully saturated rings. The molecule has 2 N–H and O–H groups in total. The van der Waals surface area contributed by atoms with Crippen molar-refractivity contribution in [2.24, 2.45) is 0 Å². The Bertz CT molecular complexity index is 441. The second kappa shape index (κ2) is 8.32. The fraction of sp³-hybridized carbons (Fsp3) is 0.467. The Kier molecular flexibility index (Phi) is 6.73. The third-order valence-corrected chi connectivity index (χ3v) is 2.86. The van der Waals surface area contributed by atoms with Gasteiger partial charge in [0.1, 0.15) is 0 Å². The predicted molar refractivity (Wildman–Crippen MR) is 80.1 cm³/mol. The van der Waals surface area contributed by atoms with Gasteiger partial charge >= 0.3 is 6.03 Å². The number of amides is 2. The lowest BCUT2D eigenvalue weighted by Gasteiger charge is -2.11. The molecule has 0 spiro atoms. The number of nitrogens with zero attached hydrogens (tertiary/aromatic N) is 1. The van der Waals surface area contributed by atoms with Gasteiger partial charge in [-0.05, 0) is 21.0 Å². The SMILES string of the molecule is Cc1ccc(C(=O)CCNC(=O)NCCN(C)C)cc1. The lowest BCUT2D eigenvalue weighted by atomic mass is 10.1. The zero-order chi connectivity index (χ0) is 15.0. The zero-order valence-corrected chi connectivity index (χ0v) is 12.4. The highest BCUT2D eigenvalue weighted by molar-refractivity contribution is 5.96. The number of ketones is 1. The smallest absolute Gasteiger partial charge is 0.314 e. The summed E-state index contributed by atoms with van der Waals surface area (Å²) in [6, 6.07) is 7.22. The van der Waals surface area contributed by atoms with Crippen molar-refractivity contribution in [3.05, 3.63) is 35.4 Å². The van der Waals surface area contributed by atoms with Crippen molar-refractivity contribution in [2.45, 2.75) is 13.3 Å². The van der Waals surface area contributed by atoms with Crippen molar-refractivity contribution in [3.63, 3.8) is 0 Å². The minimum Gasteiger partial charge on any atom is -0.338 e. The first-order valence-electron chi connectivity index (χ1n) is 6.75. The van der Waals surface area contributed by atoms with E-state index in [4.69, 9.17) is 0 Å². The molecule has 1 aromatic carbocycles. The van der Waals surface area contributed by atoms with Crippen LogP contribution in [-0.4, -0.2) is 50.4 Å². The van der Waals surface area contributed by atoms with Gasteiger partial charge < -0.3 is 15.5 Å². The first-order valence-corrected chi connectivity index (χ1v) is 6.75. The number of nitrogens with one attached hydrogen (secondary N) is 2. The van der Waals surface area contributed by atoms with E-state index in [0.29, 0.717) is 25.1 Å². The number of likely N-dealkylation sites (N-methyl/N-ethyl adjacent to an activating group) is 1. The van der Waals surface area contributed by atoms with Crippen LogP contribution >= 0.6 is 0 Å². The molecule has 0 aliphatic carbocycles. The Labute approximate surface area is 120 Å². The van der Waals surface area contributed by atoms with Gasteiger partial charge in [0.05, 0.1) is 0 Å². The standard InChI is InChI=1S/C15H23N3O2/c1-12-4-6-13(7-5-12)14(19)8-9-16-15(20)17-10-11-18(2)3/h4-7H,8-11H2,1-3H3,(H2,16,17,20). The van der Waals surface area contributed by atoms with Gasteiger partial charge in [0, 0.05) is 31.6 Å². The second-order valence-corrected chi connectivity index (χ2v) is 5.03. The molecule has 5 heteroatoms. The number of hydrogen-bond donors (Lipinski definition) is 2. The number of rotatable bonds is 7. The molecule has 110 valence electrons. The summed E-state index contributed by atoms with van der Waals surface area (Å²) in [6.45, 7) is 3.70. The normalized spacial score (nSPS) is 10.4. The van der Waals surface area contributed by atoms with Crippen LogP contribution in [0.5, 0.6) is 0 Å². The number of urea groups is 1. The lowest BCUT2D eigenvalue weighted by molar-refractivity contribution is 0.0983. The summed E-state index contributed by atoms with van der Waals surface area (Å²) in [4.78, 5) is 25.3. The lowest BCUT2D eigenvalue weighted by Crippen LogP contribution is -2.39. The number of hydrogen-bond acceptors (Lipinski definition) is 3. The van der Waals surface area contributed by atoms with Crippen LogP contribution in [0.2, 0.25) is 0 Å². The van der Waals surface area contributed by atoms with Gasteiger partial charge in [-0.1, -0.05) is 29.8 Å². The van der Waals surface area contributed by atoms with Gasteiger partial charge in [-0.2, -0.15) is 0 Å². The quantitative estimate of drug-likeness (QED) is 0.741. The number of carbonyl (C=O) groups excluding carboxylic acids is 2. The van der Waals surface area contributed by atoms with E-state index in [-0.39, 0.29) is 11.8 Å². The van der Waals surface area contributed by atoms with E-state index >= 15 is 0 Å². The van der Waals surface area contributed by atoms with Gasteiger partial charge in [-0.3, -0.25) is 4.79 Å². The average Bonchev–Trinajstić information content (AvgIpc) is 2.39. The molecule has 0 saturated carbocycles. The molecule has 0 aliphatic heterocycles. The second-order valence-electron chi connectivity index (χ2n) is 5.03. The molecule has 0 bridgehead atoms. The van der Waals surface area contributed by atoms with E-state index in [0.717, 1.165) is 12.1 Å². The van der Waals surface area contributed by atoms with Crippen molar-refractivity contribution in [1.82, 2.24) is 15.5 Å². The molecule has 0 heterocycles. The van der Waals surface area contributed by atoms with E-state index in [1.54, 1.807) is 0 Å². The fourth-order valence-electron chi connectivity index (χ4n) is 1.63. The molecule has 20 heavy (non-hydrogen) atoms. The largest absolute Gasteiger partial charge is 0.338 e. The van der Waals surface area contributed by atoms with Gasteiger partial charge in [0.25, 0.3) is 0 Å². The van der Waals surface area contributed by atoms with Gasteiger partial charge in [0.15, 0.2) is 5.78 Å². The van der Waals surface area contributed by atoms with Crippen LogP contribution in [-0.2, 0) is 0 Å². The molecule has 0 aliphatic rings. The van der Waals surface area contributed by atoms with Crippen molar-refractivity contribution < 1.29 is 9.59 Å². The van der Waals surface area contributed by atoms with Gasteiger partial charge in [-0.25, -0.2) is 4.79 Å². The Morgan fingerprint density at radius 2 is 1.65 bits per heavy atom. The van der Waals surface area contributed by atoms with E-state index in [2.05, 4.69) is 10.6 Å². The Balaban J connectivity index is 2.21. The highest BCUT2D eigenvalue weighted by atomic mass is 16.2. The maximum Gasteiger partial charge on any atom is 0.314 e. The summed E-state index contributed by atoms with van der Waals surface area (Å²) < 4.78 is 0. The summed E-state index contributed by atoms with van der Waals surface area (Å²) in [7, 11) is 3.89. The summed E-state index contributed by atoms with van der Waals surface area (Å²) in [5, 5.41) is 5.41. The molecule has 0 saturated heterocycles. The minimum atomic E-state index is -0.233. The summed E-state index contributed by atoms with van der Waals surface area (Å²) in [5.74, 6) is 0.0404. The molecule has 5 nitrogen and oxygen atoms in total. The molecule has 0 unspecified atom stereocenters. The number of Topliss-reactive ketones (excluding diaryl/α,β-unsaturated/α-hetero) is 1. The van der Waals surface area contributed by atoms with Gasteiger partial charge in [-0.15, -0.1) is 0 Å². The summed E-state index contributed by atoms with van der Waals surface area (Å²) >= 11 is 0. The maximum absolute atomic E-state index is 11.9. The number of aryl methyl sites for hydroxylation is 1. The summed E-state index contributed by atoms with van der Waals surface area (Å²) in [6.07, 6.45) is 0.310.